The number of hydrogen-bond donors (Lipinski definition) is 4. The molecule has 0 radical (unpaired) electrons. The maximum Gasteiger partial charge on any atom is 0.336 e. The maximum absolute atomic E-state index is 12.5. The van der Waals surface area contributed by atoms with Gasteiger partial charge < -0.3 is 20.4 Å². The standard InChI is InChI=1S/C17H29NOS.C6H8O7/c1-3-7-16(15-9-4-5-10-15)17(19)20-13-12-18-11-6-8-14(18)2;7-3(8)1-6(13,5(11)12)2-4(9)10/h4,9,14-16H,3,5-8,10-13H2,1-2H3;13H,1-2H2,(H,7,8)(H,9,10)(H,11,12). The second kappa shape index (κ2) is 14.4. The summed E-state index contributed by atoms with van der Waals surface area (Å²) in [7, 11) is 0. The third-order valence-electron chi connectivity index (χ3n) is 6.07. The molecule has 0 aromatic heterocycles. The molecule has 1 aliphatic carbocycles. The van der Waals surface area contributed by atoms with Gasteiger partial charge in [0.15, 0.2) is 10.7 Å². The van der Waals surface area contributed by atoms with Crippen LogP contribution in [0.15, 0.2) is 12.2 Å². The van der Waals surface area contributed by atoms with E-state index < -0.39 is 36.4 Å². The van der Waals surface area contributed by atoms with Gasteiger partial charge in [-0.05, 0) is 51.5 Å². The fourth-order valence-electron chi connectivity index (χ4n) is 4.22. The molecule has 0 bridgehead atoms. The van der Waals surface area contributed by atoms with E-state index in [-0.39, 0.29) is 5.92 Å². The Morgan fingerprint density at radius 2 is 1.76 bits per heavy atom. The number of likely N-dealkylation sites (tertiary alicyclic amines) is 1. The van der Waals surface area contributed by atoms with Gasteiger partial charge in [-0.1, -0.05) is 37.3 Å². The van der Waals surface area contributed by atoms with E-state index in [0.717, 1.165) is 37.6 Å². The Morgan fingerprint density at radius 1 is 1.12 bits per heavy atom. The quantitative estimate of drug-likeness (QED) is 0.302. The molecular formula is C23H37NO8S. The van der Waals surface area contributed by atoms with Crippen LogP contribution in [0.5, 0.6) is 0 Å². The predicted molar refractivity (Wildman–Crippen MR) is 125 cm³/mol. The number of rotatable bonds is 12. The van der Waals surface area contributed by atoms with Crippen molar-refractivity contribution in [2.45, 2.75) is 76.9 Å². The van der Waals surface area contributed by atoms with Gasteiger partial charge in [0.05, 0.1) is 12.8 Å². The van der Waals surface area contributed by atoms with Crippen molar-refractivity contribution in [3.05, 3.63) is 12.2 Å². The summed E-state index contributed by atoms with van der Waals surface area (Å²) in [5.41, 5.74) is -2.74. The van der Waals surface area contributed by atoms with Gasteiger partial charge in [0.25, 0.3) is 0 Å². The molecule has 9 nitrogen and oxygen atoms in total. The van der Waals surface area contributed by atoms with Crippen LogP contribution in [0.3, 0.4) is 0 Å². The Kier molecular flexibility index (Phi) is 12.7. The van der Waals surface area contributed by atoms with Crippen molar-refractivity contribution >= 4 is 34.8 Å². The normalized spacial score (nSPS) is 21.3. The third kappa shape index (κ3) is 10.3. The molecule has 33 heavy (non-hydrogen) atoms. The second-order valence-corrected chi connectivity index (χ2v) is 9.84. The minimum absolute atomic E-state index is 0.264. The number of carboxylic acids is 3. The van der Waals surface area contributed by atoms with Crippen molar-refractivity contribution in [1.82, 2.24) is 4.90 Å². The van der Waals surface area contributed by atoms with Gasteiger partial charge in [-0.3, -0.25) is 19.3 Å². The van der Waals surface area contributed by atoms with E-state index in [2.05, 4.69) is 30.9 Å². The Labute approximate surface area is 199 Å². The van der Waals surface area contributed by atoms with Crippen molar-refractivity contribution in [2.75, 3.05) is 18.8 Å². The smallest absolute Gasteiger partial charge is 0.336 e. The van der Waals surface area contributed by atoms with Crippen LogP contribution < -0.4 is 0 Å². The molecule has 0 spiro atoms. The zero-order valence-corrected chi connectivity index (χ0v) is 20.3. The molecule has 0 aromatic rings. The van der Waals surface area contributed by atoms with Crippen LogP contribution in [0.1, 0.15) is 65.2 Å². The number of carboxylic acid groups (broad SMARTS) is 3. The Hall–Kier alpha value is -1.91. The lowest BCUT2D eigenvalue weighted by Crippen LogP contribution is -2.42. The first kappa shape index (κ1) is 29.1. The van der Waals surface area contributed by atoms with Crippen LogP contribution in [0.4, 0.5) is 0 Å². The second-order valence-electron chi connectivity index (χ2n) is 8.74. The van der Waals surface area contributed by atoms with Crippen LogP contribution in [-0.4, -0.2) is 78.8 Å². The number of carbonyl (C=O) groups is 4. The van der Waals surface area contributed by atoms with Crippen molar-refractivity contribution in [3.8, 4) is 0 Å². The molecule has 3 atom stereocenters. The van der Waals surface area contributed by atoms with Crippen LogP contribution in [0.2, 0.25) is 0 Å². The largest absolute Gasteiger partial charge is 0.481 e. The zero-order chi connectivity index (χ0) is 25.0. The minimum Gasteiger partial charge on any atom is -0.481 e. The van der Waals surface area contributed by atoms with Gasteiger partial charge in [0.2, 0.25) is 0 Å². The average molecular weight is 488 g/mol. The van der Waals surface area contributed by atoms with Crippen molar-refractivity contribution < 1.29 is 39.6 Å². The monoisotopic (exact) mass is 487 g/mol. The van der Waals surface area contributed by atoms with Gasteiger partial charge in [0.1, 0.15) is 0 Å². The first-order chi connectivity index (χ1) is 15.5. The number of carbonyl (C=O) groups excluding carboxylic acids is 1. The maximum atomic E-state index is 12.5. The summed E-state index contributed by atoms with van der Waals surface area (Å²) < 4.78 is 0. The highest BCUT2D eigenvalue weighted by atomic mass is 32.2. The number of nitrogens with zero attached hydrogens (tertiary/aromatic N) is 1. The van der Waals surface area contributed by atoms with Gasteiger partial charge >= 0.3 is 17.9 Å². The van der Waals surface area contributed by atoms with Gasteiger partial charge in [-0.15, -0.1) is 0 Å². The number of allylic oxidation sites excluding steroid dienone is 2. The lowest BCUT2D eigenvalue weighted by molar-refractivity contribution is -0.170. The molecule has 1 fully saturated rings. The van der Waals surface area contributed by atoms with Crippen molar-refractivity contribution in [1.29, 1.82) is 0 Å². The number of aliphatic carboxylic acids is 3. The SMILES string of the molecule is CCCC(C(=O)SCCN1CCCC1C)C1C=CCC1.O=C(O)CC(O)(CC(=O)O)C(=O)O. The first-order valence-corrected chi connectivity index (χ1v) is 12.5. The molecule has 0 saturated carbocycles. The van der Waals surface area contributed by atoms with Gasteiger partial charge in [-0.25, -0.2) is 4.79 Å². The summed E-state index contributed by atoms with van der Waals surface area (Å²) in [6.45, 7) is 6.80. The molecule has 0 amide bonds. The van der Waals surface area contributed by atoms with E-state index in [4.69, 9.17) is 20.4 Å². The Balaban J connectivity index is 0.000000366. The number of hydrogen-bond acceptors (Lipinski definition) is 7. The van der Waals surface area contributed by atoms with Gasteiger partial charge in [-0.2, -0.15) is 0 Å². The van der Waals surface area contributed by atoms with E-state index in [9.17, 15) is 19.2 Å². The van der Waals surface area contributed by atoms with E-state index in [1.165, 1.54) is 25.8 Å². The van der Waals surface area contributed by atoms with Crippen LogP contribution in [0, 0.1) is 11.8 Å². The van der Waals surface area contributed by atoms with E-state index >= 15 is 0 Å². The zero-order valence-electron chi connectivity index (χ0n) is 19.4. The highest BCUT2D eigenvalue weighted by Crippen LogP contribution is 2.32. The van der Waals surface area contributed by atoms with Crippen LogP contribution >= 0.6 is 11.8 Å². The summed E-state index contributed by atoms with van der Waals surface area (Å²) in [6, 6.07) is 0.718. The summed E-state index contributed by atoms with van der Waals surface area (Å²) >= 11 is 1.59. The minimum atomic E-state index is -2.74. The fraction of sp³-hybridized carbons (Fsp3) is 0.739. The van der Waals surface area contributed by atoms with Crippen LogP contribution in [0.25, 0.3) is 0 Å². The Morgan fingerprint density at radius 3 is 2.18 bits per heavy atom. The molecule has 1 heterocycles. The molecule has 1 aliphatic heterocycles. The topological polar surface area (TPSA) is 152 Å². The number of thioether (sulfide) groups is 1. The molecule has 188 valence electrons. The van der Waals surface area contributed by atoms with E-state index in [0.29, 0.717) is 11.0 Å². The molecule has 1 saturated heterocycles. The summed E-state index contributed by atoms with van der Waals surface area (Å²) in [4.78, 5) is 45.5. The molecule has 4 N–H and O–H groups in total. The highest BCUT2D eigenvalue weighted by molar-refractivity contribution is 8.13. The first-order valence-electron chi connectivity index (χ1n) is 11.5. The summed E-state index contributed by atoms with van der Waals surface area (Å²) in [6.07, 6.45) is 9.40. The molecule has 10 heteroatoms. The summed E-state index contributed by atoms with van der Waals surface area (Å²) in [5, 5.41) is 34.3. The molecular weight excluding hydrogens is 450 g/mol. The molecule has 0 aromatic carbocycles. The average Bonchev–Trinajstić information content (AvgIpc) is 3.37. The highest BCUT2D eigenvalue weighted by Gasteiger charge is 2.40. The lowest BCUT2D eigenvalue weighted by Gasteiger charge is -2.22. The van der Waals surface area contributed by atoms with Gasteiger partial charge in [0, 0.05) is 24.3 Å². The third-order valence-corrected chi connectivity index (χ3v) is 7.04. The molecule has 2 aliphatic rings. The lowest BCUT2D eigenvalue weighted by atomic mass is 9.89. The summed E-state index contributed by atoms with van der Waals surface area (Å²) in [5.74, 6) is -3.27. The molecule has 3 unspecified atom stereocenters. The molecule has 2 rings (SSSR count). The Bertz CT molecular complexity index is 695. The fourth-order valence-corrected chi connectivity index (χ4v) is 5.25. The van der Waals surface area contributed by atoms with Crippen LogP contribution in [-0.2, 0) is 19.2 Å². The van der Waals surface area contributed by atoms with Crippen molar-refractivity contribution in [2.24, 2.45) is 11.8 Å². The van der Waals surface area contributed by atoms with E-state index in [1.54, 1.807) is 11.8 Å². The number of aliphatic hydroxyl groups is 1. The van der Waals surface area contributed by atoms with E-state index in [1.807, 2.05) is 0 Å². The predicted octanol–water partition coefficient (Wildman–Crippen LogP) is 2.86. The van der Waals surface area contributed by atoms with Crippen molar-refractivity contribution in [3.63, 3.8) is 0 Å².